The van der Waals surface area contributed by atoms with E-state index in [0.717, 1.165) is 5.56 Å². The molecule has 1 aliphatic heterocycles. The molecule has 1 aliphatic rings. The number of hydrogen-bond acceptors (Lipinski definition) is 3. The van der Waals surface area contributed by atoms with E-state index >= 15 is 0 Å². The Morgan fingerprint density at radius 2 is 1.89 bits per heavy atom. The molecule has 7 heteroatoms. The molecule has 2 rings (SSSR count). The standard InChI is InChI=1S/C12H17ClN2O2S.ClH/c1-9-2-3-12(11(13)8-9)18(16,17)15-6-4-10(14)5-7-15;/h2-3,8,10H,4-7,14H2,1H3;1H. The highest BCUT2D eigenvalue weighted by Gasteiger charge is 2.29. The summed E-state index contributed by atoms with van der Waals surface area (Å²) in [6, 6.07) is 5.10. The van der Waals surface area contributed by atoms with Crippen LogP contribution in [0, 0.1) is 6.92 Å². The van der Waals surface area contributed by atoms with Gasteiger partial charge in [-0.2, -0.15) is 4.31 Å². The van der Waals surface area contributed by atoms with Crippen molar-refractivity contribution >= 4 is 34.0 Å². The Kier molecular flexibility index (Phi) is 5.65. The van der Waals surface area contributed by atoms with Gasteiger partial charge in [0, 0.05) is 19.1 Å². The minimum absolute atomic E-state index is 0. The molecule has 2 N–H and O–H groups in total. The summed E-state index contributed by atoms with van der Waals surface area (Å²) in [5, 5.41) is 0.282. The van der Waals surface area contributed by atoms with Crippen LogP contribution in [-0.2, 0) is 10.0 Å². The van der Waals surface area contributed by atoms with Gasteiger partial charge in [-0.1, -0.05) is 17.7 Å². The topological polar surface area (TPSA) is 63.4 Å². The molecule has 0 saturated carbocycles. The Bertz CT molecular complexity index is 541. The molecule has 1 fully saturated rings. The summed E-state index contributed by atoms with van der Waals surface area (Å²) in [6.07, 6.45) is 1.39. The van der Waals surface area contributed by atoms with Crippen LogP contribution in [-0.4, -0.2) is 31.9 Å². The van der Waals surface area contributed by atoms with Crippen LogP contribution < -0.4 is 5.73 Å². The lowest BCUT2D eigenvalue weighted by Crippen LogP contribution is -2.42. The number of halogens is 2. The smallest absolute Gasteiger partial charge is 0.244 e. The molecule has 0 spiro atoms. The maximum absolute atomic E-state index is 12.4. The third-order valence-electron chi connectivity index (χ3n) is 3.20. The maximum atomic E-state index is 12.4. The molecule has 1 heterocycles. The number of sulfonamides is 1. The second-order valence-corrected chi connectivity index (χ2v) is 6.99. The van der Waals surface area contributed by atoms with E-state index in [1.807, 2.05) is 6.92 Å². The SMILES string of the molecule is Cc1ccc(S(=O)(=O)N2CCC(N)CC2)c(Cl)c1.Cl. The Morgan fingerprint density at radius 3 is 2.42 bits per heavy atom. The zero-order chi connectivity index (χ0) is 13.3. The Hall–Kier alpha value is -0.330. The van der Waals surface area contributed by atoms with Crippen molar-refractivity contribution in [2.24, 2.45) is 5.73 Å². The van der Waals surface area contributed by atoms with E-state index in [0.29, 0.717) is 25.9 Å². The van der Waals surface area contributed by atoms with Crippen molar-refractivity contribution in [3.05, 3.63) is 28.8 Å². The molecule has 0 unspecified atom stereocenters. The number of aryl methyl sites for hydroxylation is 1. The predicted octanol–water partition coefficient (Wildman–Crippen LogP) is 2.18. The quantitative estimate of drug-likeness (QED) is 0.906. The predicted molar refractivity (Wildman–Crippen MR) is 79.4 cm³/mol. The van der Waals surface area contributed by atoms with Gasteiger partial charge in [0.05, 0.1) is 5.02 Å². The first-order valence-electron chi connectivity index (χ1n) is 5.93. The van der Waals surface area contributed by atoms with Gasteiger partial charge in [0.2, 0.25) is 10.0 Å². The lowest BCUT2D eigenvalue weighted by Gasteiger charge is -2.29. The lowest BCUT2D eigenvalue weighted by molar-refractivity contribution is 0.320. The molecule has 0 amide bonds. The van der Waals surface area contributed by atoms with Crippen molar-refractivity contribution in [3.63, 3.8) is 0 Å². The van der Waals surface area contributed by atoms with E-state index in [-0.39, 0.29) is 28.4 Å². The van der Waals surface area contributed by atoms with Crippen LogP contribution in [0.3, 0.4) is 0 Å². The average molecular weight is 325 g/mol. The van der Waals surface area contributed by atoms with Gasteiger partial charge in [0.15, 0.2) is 0 Å². The Balaban J connectivity index is 0.00000180. The molecule has 0 atom stereocenters. The Morgan fingerprint density at radius 1 is 1.32 bits per heavy atom. The van der Waals surface area contributed by atoms with E-state index < -0.39 is 10.0 Å². The number of hydrogen-bond donors (Lipinski definition) is 1. The lowest BCUT2D eigenvalue weighted by atomic mass is 10.1. The fourth-order valence-corrected chi connectivity index (χ4v) is 4.11. The van der Waals surface area contributed by atoms with E-state index in [2.05, 4.69) is 0 Å². The van der Waals surface area contributed by atoms with Crippen LogP contribution in [0.5, 0.6) is 0 Å². The van der Waals surface area contributed by atoms with Gasteiger partial charge in [-0.3, -0.25) is 0 Å². The first-order chi connectivity index (χ1) is 8.41. The van der Waals surface area contributed by atoms with E-state index in [1.54, 1.807) is 18.2 Å². The largest absolute Gasteiger partial charge is 0.328 e. The second-order valence-electron chi connectivity index (χ2n) is 4.68. The molecule has 4 nitrogen and oxygen atoms in total. The third-order valence-corrected chi connectivity index (χ3v) is 5.59. The molecular weight excluding hydrogens is 307 g/mol. The summed E-state index contributed by atoms with van der Waals surface area (Å²) in [5.41, 5.74) is 6.73. The minimum atomic E-state index is -3.49. The fourth-order valence-electron chi connectivity index (χ4n) is 2.07. The molecule has 0 radical (unpaired) electrons. The summed E-state index contributed by atoms with van der Waals surface area (Å²) in [5.74, 6) is 0. The van der Waals surface area contributed by atoms with E-state index in [4.69, 9.17) is 17.3 Å². The number of nitrogens with two attached hydrogens (primary N) is 1. The maximum Gasteiger partial charge on any atom is 0.244 e. The third kappa shape index (κ3) is 3.61. The van der Waals surface area contributed by atoms with Crippen molar-refractivity contribution in [2.45, 2.75) is 30.7 Å². The molecule has 0 bridgehead atoms. The highest BCUT2D eigenvalue weighted by atomic mass is 35.5. The van der Waals surface area contributed by atoms with E-state index in [9.17, 15) is 8.42 Å². The molecule has 0 aliphatic carbocycles. The van der Waals surface area contributed by atoms with Crippen LogP contribution in [0.25, 0.3) is 0 Å². The van der Waals surface area contributed by atoms with Gasteiger partial charge in [-0.15, -0.1) is 12.4 Å². The molecule has 108 valence electrons. The molecule has 0 aromatic heterocycles. The van der Waals surface area contributed by atoms with Crippen LogP contribution in [0.15, 0.2) is 23.1 Å². The minimum Gasteiger partial charge on any atom is -0.328 e. The van der Waals surface area contributed by atoms with Crippen LogP contribution >= 0.6 is 24.0 Å². The first kappa shape index (κ1) is 16.7. The van der Waals surface area contributed by atoms with Crippen molar-refractivity contribution in [3.8, 4) is 0 Å². The van der Waals surface area contributed by atoms with Gasteiger partial charge in [0.25, 0.3) is 0 Å². The van der Waals surface area contributed by atoms with Crippen LogP contribution in [0.1, 0.15) is 18.4 Å². The van der Waals surface area contributed by atoms with Gasteiger partial charge in [-0.05, 0) is 37.5 Å². The number of piperidine rings is 1. The Labute approximate surface area is 125 Å². The average Bonchev–Trinajstić information content (AvgIpc) is 2.29. The molecular formula is C12H18Cl2N2O2S. The van der Waals surface area contributed by atoms with Crippen LogP contribution in [0.4, 0.5) is 0 Å². The van der Waals surface area contributed by atoms with Crippen molar-refractivity contribution in [1.82, 2.24) is 4.31 Å². The summed E-state index contributed by atoms with van der Waals surface area (Å²) < 4.78 is 26.3. The number of nitrogens with zero attached hydrogens (tertiary/aromatic N) is 1. The van der Waals surface area contributed by atoms with Gasteiger partial charge >= 0.3 is 0 Å². The molecule has 19 heavy (non-hydrogen) atoms. The number of benzene rings is 1. The summed E-state index contributed by atoms with van der Waals surface area (Å²) in [4.78, 5) is 0.185. The highest BCUT2D eigenvalue weighted by molar-refractivity contribution is 7.89. The summed E-state index contributed by atoms with van der Waals surface area (Å²) in [6.45, 7) is 2.81. The van der Waals surface area contributed by atoms with Crippen molar-refractivity contribution < 1.29 is 8.42 Å². The molecule has 1 aromatic rings. The van der Waals surface area contributed by atoms with E-state index in [1.165, 1.54) is 4.31 Å². The van der Waals surface area contributed by atoms with Crippen molar-refractivity contribution in [2.75, 3.05) is 13.1 Å². The highest BCUT2D eigenvalue weighted by Crippen LogP contribution is 2.27. The zero-order valence-electron chi connectivity index (χ0n) is 10.7. The number of rotatable bonds is 2. The zero-order valence-corrected chi connectivity index (χ0v) is 13.1. The molecule has 1 saturated heterocycles. The first-order valence-corrected chi connectivity index (χ1v) is 7.75. The van der Waals surface area contributed by atoms with Crippen molar-refractivity contribution in [1.29, 1.82) is 0 Å². The fraction of sp³-hybridized carbons (Fsp3) is 0.500. The normalized spacial score (nSPS) is 18.1. The summed E-state index contributed by atoms with van der Waals surface area (Å²) >= 11 is 6.03. The van der Waals surface area contributed by atoms with Gasteiger partial charge in [-0.25, -0.2) is 8.42 Å². The van der Waals surface area contributed by atoms with Crippen LogP contribution in [0.2, 0.25) is 5.02 Å². The summed E-state index contributed by atoms with van der Waals surface area (Å²) in [7, 11) is -3.49. The van der Waals surface area contributed by atoms with Gasteiger partial charge in [0.1, 0.15) is 4.90 Å². The molecule has 1 aromatic carbocycles. The van der Waals surface area contributed by atoms with Gasteiger partial charge < -0.3 is 5.73 Å². The second kappa shape index (κ2) is 6.41. The monoisotopic (exact) mass is 324 g/mol.